The van der Waals surface area contributed by atoms with Crippen LogP contribution in [0.1, 0.15) is 15.9 Å². The molecule has 1 fully saturated rings. The molecule has 3 rings (SSSR count). The van der Waals surface area contributed by atoms with Crippen molar-refractivity contribution in [1.29, 1.82) is 0 Å². The fourth-order valence-electron chi connectivity index (χ4n) is 2.89. The van der Waals surface area contributed by atoms with E-state index in [0.717, 1.165) is 18.8 Å². The number of nitrogens with one attached hydrogen (secondary N) is 1. The van der Waals surface area contributed by atoms with Crippen molar-refractivity contribution in [2.24, 2.45) is 0 Å². The molecule has 2 aromatic rings. The number of morpholine rings is 1. The summed E-state index contributed by atoms with van der Waals surface area (Å²) in [4.78, 5) is 26.5. The summed E-state index contributed by atoms with van der Waals surface area (Å²) in [6, 6.07) is 11.3. The quantitative estimate of drug-likeness (QED) is 0.634. The number of esters is 1. The highest BCUT2D eigenvalue weighted by Gasteiger charge is 2.18. The van der Waals surface area contributed by atoms with Crippen molar-refractivity contribution in [3.05, 3.63) is 65.5 Å². The third-order valence-corrected chi connectivity index (χ3v) is 4.36. The van der Waals surface area contributed by atoms with Gasteiger partial charge in [0.1, 0.15) is 5.82 Å². The summed E-state index contributed by atoms with van der Waals surface area (Å²) in [7, 11) is 1.29. The molecule has 1 aliphatic heterocycles. The number of amides is 1. The molecule has 1 heterocycles. The highest BCUT2D eigenvalue weighted by Crippen LogP contribution is 2.25. The maximum Gasteiger partial charge on any atom is 0.340 e. The molecule has 0 saturated carbocycles. The van der Waals surface area contributed by atoms with Gasteiger partial charge in [0.25, 0.3) is 0 Å². The average molecular weight is 384 g/mol. The largest absolute Gasteiger partial charge is 0.465 e. The Hall–Kier alpha value is -3.19. The Morgan fingerprint density at radius 1 is 1.18 bits per heavy atom. The van der Waals surface area contributed by atoms with Gasteiger partial charge < -0.3 is 19.7 Å². The van der Waals surface area contributed by atoms with Gasteiger partial charge in [0.2, 0.25) is 5.91 Å². The van der Waals surface area contributed by atoms with Crippen molar-refractivity contribution in [3.8, 4) is 0 Å². The number of carbonyl (C=O) groups excluding carboxylic acids is 2. The van der Waals surface area contributed by atoms with Crippen molar-refractivity contribution >= 4 is 29.3 Å². The lowest BCUT2D eigenvalue weighted by Crippen LogP contribution is -2.36. The minimum absolute atomic E-state index is 0.249. The van der Waals surface area contributed by atoms with E-state index in [1.54, 1.807) is 30.3 Å². The number of carbonyl (C=O) groups is 2. The standard InChI is InChI=1S/C21H21FN2O4/c1-27-21(26)17-14-16(24-10-12-28-13-11-24)7-8-19(17)23-20(25)9-6-15-4-2-3-5-18(15)22/h2-9,14H,10-13H2,1H3,(H,23,25)/b9-6+. The third kappa shape index (κ3) is 4.75. The number of hydrogen-bond acceptors (Lipinski definition) is 5. The second kappa shape index (κ2) is 9.14. The molecule has 0 aromatic heterocycles. The van der Waals surface area contributed by atoms with Crippen LogP contribution in [0.15, 0.2) is 48.5 Å². The Morgan fingerprint density at radius 2 is 1.93 bits per heavy atom. The van der Waals surface area contributed by atoms with Gasteiger partial charge in [-0.05, 0) is 30.3 Å². The zero-order chi connectivity index (χ0) is 19.9. The molecule has 0 radical (unpaired) electrons. The minimum Gasteiger partial charge on any atom is -0.465 e. The number of ether oxygens (including phenoxy) is 2. The molecule has 1 amide bonds. The van der Waals surface area contributed by atoms with Gasteiger partial charge in [0.05, 0.1) is 31.6 Å². The van der Waals surface area contributed by atoms with Crippen LogP contribution in [-0.4, -0.2) is 45.3 Å². The van der Waals surface area contributed by atoms with E-state index in [0.29, 0.717) is 24.5 Å². The SMILES string of the molecule is COC(=O)c1cc(N2CCOCC2)ccc1NC(=O)/C=C/c1ccccc1F. The van der Waals surface area contributed by atoms with E-state index in [4.69, 9.17) is 9.47 Å². The fourth-order valence-corrected chi connectivity index (χ4v) is 2.89. The minimum atomic E-state index is -0.552. The van der Waals surface area contributed by atoms with Crippen molar-refractivity contribution in [2.45, 2.75) is 0 Å². The van der Waals surface area contributed by atoms with Gasteiger partial charge in [-0.3, -0.25) is 4.79 Å². The predicted octanol–water partition coefficient (Wildman–Crippen LogP) is 3.10. The number of anilines is 2. The Balaban J connectivity index is 1.79. The van der Waals surface area contributed by atoms with Crippen molar-refractivity contribution in [3.63, 3.8) is 0 Å². The number of rotatable bonds is 5. The smallest absolute Gasteiger partial charge is 0.340 e. The van der Waals surface area contributed by atoms with Crippen molar-refractivity contribution < 1.29 is 23.5 Å². The molecular formula is C21H21FN2O4. The van der Waals surface area contributed by atoms with Gasteiger partial charge in [-0.25, -0.2) is 9.18 Å². The monoisotopic (exact) mass is 384 g/mol. The molecule has 0 spiro atoms. The number of benzene rings is 2. The molecule has 1 aliphatic rings. The van der Waals surface area contributed by atoms with Gasteiger partial charge in [0, 0.05) is 30.4 Å². The average Bonchev–Trinajstić information content (AvgIpc) is 2.73. The van der Waals surface area contributed by atoms with E-state index in [-0.39, 0.29) is 5.56 Å². The van der Waals surface area contributed by atoms with E-state index in [1.807, 2.05) is 6.07 Å². The van der Waals surface area contributed by atoms with Gasteiger partial charge in [-0.1, -0.05) is 18.2 Å². The molecule has 1 saturated heterocycles. The van der Waals surface area contributed by atoms with E-state index < -0.39 is 17.7 Å². The first-order valence-corrected chi connectivity index (χ1v) is 8.87. The van der Waals surface area contributed by atoms with Crippen LogP contribution in [0.3, 0.4) is 0 Å². The summed E-state index contributed by atoms with van der Waals surface area (Å²) < 4.78 is 23.8. The Labute approximate surface area is 162 Å². The molecular weight excluding hydrogens is 363 g/mol. The lowest BCUT2D eigenvalue weighted by atomic mass is 10.1. The Kier molecular flexibility index (Phi) is 6.39. The number of halogens is 1. The summed E-state index contributed by atoms with van der Waals surface area (Å²) in [6.45, 7) is 2.68. The fraction of sp³-hybridized carbons (Fsp3) is 0.238. The van der Waals surface area contributed by atoms with E-state index in [9.17, 15) is 14.0 Å². The van der Waals surface area contributed by atoms with Gasteiger partial charge in [-0.2, -0.15) is 0 Å². The van der Waals surface area contributed by atoms with Crippen LogP contribution < -0.4 is 10.2 Å². The van der Waals surface area contributed by atoms with Crippen LogP contribution in [0.5, 0.6) is 0 Å². The van der Waals surface area contributed by atoms with E-state index in [2.05, 4.69) is 10.2 Å². The molecule has 0 atom stereocenters. The molecule has 0 unspecified atom stereocenters. The molecule has 0 bridgehead atoms. The Bertz CT molecular complexity index is 892. The lowest BCUT2D eigenvalue weighted by Gasteiger charge is -2.29. The topological polar surface area (TPSA) is 67.9 Å². The number of methoxy groups -OCH3 is 1. The van der Waals surface area contributed by atoms with Gasteiger partial charge in [-0.15, -0.1) is 0 Å². The van der Waals surface area contributed by atoms with Crippen LogP contribution in [0.25, 0.3) is 6.08 Å². The maximum atomic E-state index is 13.6. The van der Waals surface area contributed by atoms with E-state index in [1.165, 1.54) is 25.3 Å². The van der Waals surface area contributed by atoms with Crippen LogP contribution in [-0.2, 0) is 14.3 Å². The van der Waals surface area contributed by atoms with Crippen LogP contribution in [0.4, 0.5) is 15.8 Å². The summed E-state index contributed by atoms with van der Waals surface area (Å²) in [6.07, 6.45) is 2.60. The Morgan fingerprint density at radius 3 is 2.64 bits per heavy atom. The van der Waals surface area contributed by atoms with Crippen molar-refractivity contribution in [2.75, 3.05) is 43.6 Å². The molecule has 28 heavy (non-hydrogen) atoms. The first-order chi connectivity index (χ1) is 13.6. The van der Waals surface area contributed by atoms with Crippen molar-refractivity contribution in [1.82, 2.24) is 0 Å². The zero-order valence-electron chi connectivity index (χ0n) is 15.5. The summed E-state index contributed by atoms with van der Waals surface area (Å²) in [5.74, 6) is -1.45. The number of nitrogens with zero attached hydrogens (tertiary/aromatic N) is 1. The third-order valence-electron chi connectivity index (χ3n) is 4.36. The first-order valence-electron chi connectivity index (χ1n) is 8.87. The predicted molar refractivity (Wildman–Crippen MR) is 105 cm³/mol. The normalized spacial score (nSPS) is 14.1. The summed E-state index contributed by atoms with van der Waals surface area (Å²) >= 11 is 0. The molecule has 2 aromatic carbocycles. The summed E-state index contributed by atoms with van der Waals surface area (Å²) in [5, 5.41) is 2.65. The molecule has 7 heteroatoms. The number of hydrogen-bond donors (Lipinski definition) is 1. The van der Waals surface area contributed by atoms with Crippen LogP contribution in [0.2, 0.25) is 0 Å². The highest BCUT2D eigenvalue weighted by molar-refractivity contribution is 6.06. The lowest BCUT2D eigenvalue weighted by molar-refractivity contribution is -0.111. The van der Waals surface area contributed by atoms with Gasteiger partial charge >= 0.3 is 5.97 Å². The molecule has 0 aliphatic carbocycles. The molecule has 146 valence electrons. The van der Waals surface area contributed by atoms with Crippen LogP contribution >= 0.6 is 0 Å². The zero-order valence-corrected chi connectivity index (χ0v) is 15.5. The maximum absolute atomic E-state index is 13.6. The molecule has 1 N–H and O–H groups in total. The van der Waals surface area contributed by atoms with E-state index >= 15 is 0 Å². The highest BCUT2D eigenvalue weighted by atomic mass is 19.1. The second-order valence-electron chi connectivity index (χ2n) is 6.16. The summed E-state index contributed by atoms with van der Waals surface area (Å²) in [5.41, 5.74) is 1.73. The first kappa shape index (κ1) is 19.6. The molecule has 6 nitrogen and oxygen atoms in total. The van der Waals surface area contributed by atoms with Crippen LogP contribution in [0, 0.1) is 5.82 Å². The van der Waals surface area contributed by atoms with Gasteiger partial charge in [0.15, 0.2) is 0 Å². The second-order valence-corrected chi connectivity index (χ2v) is 6.16.